The molecule has 4 nitrogen and oxygen atoms in total. The molecule has 5 heteroatoms. The molecular weight excluding hydrogens is 284 g/mol. The van der Waals surface area contributed by atoms with Crippen LogP contribution in [-0.4, -0.2) is 24.5 Å². The monoisotopic (exact) mass is 304 g/mol. The van der Waals surface area contributed by atoms with Crippen molar-refractivity contribution >= 4 is 17.2 Å². The van der Waals surface area contributed by atoms with E-state index in [9.17, 15) is 4.79 Å². The van der Waals surface area contributed by atoms with Gasteiger partial charge in [0.1, 0.15) is 15.6 Å². The molecule has 0 saturated heterocycles. The zero-order valence-corrected chi connectivity index (χ0v) is 13.4. The Bertz CT molecular complexity index is 605. The maximum atomic E-state index is 12.1. The lowest BCUT2D eigenvalue weighted by Crippen LogP contribution is -2.24. The van der Waals surface area contributed by atoms with Crippen molar-refractivity contribution in [3.63, 3.8) is 0 Å². The van der Waals surface area contributed by atoms with E-state index in [0.29, 0.717) is 11.4 Å². The fourth-order valence-corrected chi connectivity index (χ4v) is 2.91. The number of nitrogens with zero attached hydrogens (tertiary/aromatic N) is 1. The van der Waals surface area contributed by atoms with Crippen LogP contribution in [0.4, 0.5) is 0 Å². The molecule has 1 aromatic carbocycles. The topological polar surface area (TPSA) is 51.2 Å². The van der Waals surface area contributed by atoms with Crippen LogP contribution in [0.25, 0.3) is 10.6 Å². The zero-order chi connectivity index (χ0) is 15.2. The lowest BCUT2D eigenvalue weighted by Gasteiger charge is -2.02. The van der Waals surface area contributed by atoms with Gasteiger partial charge in [-0.3, -0.25) is 4.79 Å². The van der Waals surface area contributed by atoms with E-state index in [1.54, 1.807) is 7.11 Å². The molecule has 1 amide bonds. The summed E-state index contributed by atoms with van der Waals surface area (Å²) in [6.07, 6.45) is 2.06. The zero-order valence-electron chi connectivity index (χ0n) is 12.6. The van der Waals surface area contributed by atoms with Crippen LogP contribution in [0, 0.1) is 6.92 Å². The van der Waals surface area contributed by atoms with Gasteiger partial charge < -0.3 is 10.1 Å². The fraction of sp³-hybridized carbons (Fsp3) is 0.375. The van der Waals surface area contributed by atoms with Gasteiger partial charge in [-0.25, -0.2) is 4.98 Å². The molecule has 0 radical (unpaired) electrons. The molecule has 0 aliphatic heterocycles. The number of carbonyl (C=O) groups excluding carboxylic acids is 1. The number of methoxy groups -OCH3 is 1. The third kappa shape index (κ3) is 3.82. The molecular formula is C16H20N2O2S. The second-order valence-corrected chi connectivity index (χ2v) is 5.77. The minimum Gasteiger partial charge on any atom is -0.497 e. The summed E-state index contributed by atoms with van der Waals surface area (Å²) in [6.45, 7) is 4.69. The van der Waals surface area contributed by atoms with E-state index in [2.05, 4.69) is 17.2 Å². The Morgan fingerprint density at radius 2 is 2.05 bits per heavy atom. The number of amides is 1. The smallest absolute Gasteiger partial charge is 0.263 e. The average Bonchev–Trinajstić information content (AvgIpc) is 2.89. The number of aryl methyl sites for hydroxylation is 1. The SMILES string of the molecule is CCCCNC(=O)c1sc(-c2ccc(OC)cc2)nc1C. The summed E-state index contributed by atoms with van der Waals surface area (Å²) in [5.74, 6) is 0.780. The third-order valence-corrected chi connectivity index (χ3v) is 4.36. The van der Waals surface area contributed by atoms with Crippen molar-refractivity contribution in [2.75, 3.05) is 13.7 Å². The van der Waals surface area contributed by atoms with E-state index in [-0.39, 0.29) is 5.91 Å². The predicted molar refractivity (Wildman–Crippen MR) is 86.1 cm³/mol. The Morgan fingerprint density at radius 1 is 1.33 bits per heavy atom. The van der Waals surface area contributed by atoms with Gasteiger partial charge in [0.05, 0.1) is 12.8 Å². The Labute approximate surface area is 129 Å². The van der Waals surface area contributed by atoms with Gasteiger partial charge in [-0.15, -0.1) is 11.3 Å². The Morgan fingerprint density at radius 3 is 2.67 bits per heavy atom. The molecule has 1 aromatic heterocycles. The number of hydrogen-bond donors (Lipinski definition) is 1. The van der Waals surface area contributed by atoms with Gasteiger partial charge in [0.2, 0.25) is 0 Å². The largest absolute Gasteiger partial charge is 0.497 e. The highest BCUT2D eigenvalue weighted by atomic mass is 32.1. The molecule has 0 saturated carbocycles. The van der Waals surface area contributed by atoms with Crippen LogP contribution in [0.3, 0.4) is 0 Å². The number of rotatable bonds is 6. The van der Waals surface area contributed by atoms with Crippen LogP contribution >= 0.6 is 11.3 Å². The van der Waals surface area contributed by atoms with Crippen LogP contribution in [-0.2, 0) is 0 Å². The fourth-order valence-electron chi connectivity index (χ4n) is 1.92. The molecule has 2 rings (SSSR count). The van der Waals surface area contributed by atoms with Gasteiger partial charge in [-0.2, -0.15) is 0 Å². The Balaban J connectivity index is 2.15. The molecule has 21 heavy (non-hydrogen) atoms. The highest BCUT2D eigenvalue weighted by Gasteiger charge is 2.15. The number of thiazole rings is 1. The lowest BCUT2D eigenvalue weighted by atomic mass is 10.2. The molecule has 0 bridgehead atoms. The number of ether oxygens (including phenoxy) is 1. The first kappa shape index (κ1) is 15.5. The molecule has 112 valence electrons. The summed E-state index contributed by atoms with van der Waals surface area (Å²) in [5.41, 5.74) is 1.77. The standard InChI is InChI=1S/C16H20N2O2S/c1-4-5-10-17-15(19)14-11(2)18-16(21-14)12-6-8-13(20-3)9-7-12/h6-9H,4-5,10H2,1-3H3,(H,17,19). The summed E-state index contributed by atoms with van der Waals surface area (Å²) in [5, 5.41) is 3.79. The molecule has 1 N–H and O–H groups in total. The van der Waals surface area contributed by atoms with Crippen LogP contribution < -0.4 is 10.1 Å². The van der Waals surface area contributed by atoms with Crippen molar-refractivity contribution < 1.29 is 9.53 Å². The molecule has 0 fully saturated rings. The summed E-state index contributed by atoms with van der Waals surface area (Å²) in [7, 11) is 1.64. The Kier molecular flexibility index (Phi) is 5.33. The molecule has 2 aromatic rings. The van der Waals surface area contributed by atoms with Crippen molar-refractivity contribution in [1.29, 1.82) is 0 Å². The quantitative estimate of drug-likeness (QED) is 0.829. The first-order valence-electron chi connectivity index (χ1n) is 7.05. The van der Waals surface area contributed by atoms with Gasteiger partial charge in [0.15, 0.2) is 0 Å². The normalized spacial score (nSPS) is 10.4. The summed E-state index contributed by atoms with van der Waals surface area (Å²) in [6, 6.07) is 7.70. The maximum absolute atomic E-state index is 12.1. The maximum Gasteiger partial charge on any atom is 0.263 e. The van der Waals surface area contributed by atoms with E-state index >= 15 is 0 Å². The summed E-state index contributed by atoms with van der Waals surface area (Å²) in [4.78, 5) is 17.3. The Hall–Kier alpha value is -1.88. The van der Waals surface area contributed by atoms with Crippen molar-refractivity contribution in [3.8, 4) is 16.3 Å². The number of hydrogen-bond acceptors (Lipinski definition) is 4. The van der Waals surface area contributed by atoms with Crippen LogP contribution in [0.1, 0.15) is 35.1 Å². The van der Waals surface area contributed by atoms with Gasteiger partial charge >= 0.3 is 0 Å². The van der Waals surface area contributed by atoms with Gasteiger partial charge in [-0.05, 0) is 37.6 Å². The highest BCUT2D eigenvalue weighted by molar-refractivity contribution is 7.17. The number of nitrogens with one attached hydrogen (secondary N) is 1. The molecule has 1 heterocycles. The van der Waals surface area contributed by atoms with Crippen molar-refractivity contribution in [2.24, 2.45) is 0 Å². The second-order valence-electron chi connectivity index (χ2n) is 4.77. The van der Waals surface area contributed by atoms with Gasteiger partial charge in [0, 0.05) is 12.1 Å². The number of aromatic nitrogens is 1. The molecule has 0 spiro atoms. The number of carbonyl (C=O) groups is 1. The molecule has 0 atom stereocenters. The van der Waals surface area contributed by atoms with E-state index in [4.69, 9.17) is 4.74 Å². The molecule has 0 aliphatic rings. The highest BCUT2D eigenvalue weighted by Crippen LogP contribution is 2.29. The van der Waals surface area contributed by atoms with E-state index in [0.717, 1.165) is 34.9 Å². The first-order chi connectivity index (χ1) is 10.2. The van der Waals surface area contributed by atoms with Gasteiger partial charge in [0.25, 0.3) is 5.91 Å². The minimum absolute atomic E-state index is 0.0294. The van der Waals surface area contributed by atoms with E-state index < -0.39 is 0 Å². The van der Waals surface area contributed by atoms with E-state index in [1.165, 1.54) is 11.3 Å². The van der Waals surface area contributed by atoms with Crippen LogP contribution in [0.2, 0.25) is 0 Å². The summed E-state index contributed by atoms with van der Waals surface area (Å²) >= 11 is 1.43. The lowest BCUT2D eigenvalue weighted by molar-refractivity contribution is 0.0956. The second kappa shape index (κ2) is 7.22. The van der Waals surface area contributed by atoms with Gasteiger partial charge in [-0.1, -0.05) is 13.3 Å². The summed E-state index contributed by atoms with van der Waals surface area (Å²) < 4.78 is 5.15. The average molecular weight is 304 g/mol. The van der Waals surface area contributed by atoms with Crippen molar-refractivity contribution in [2.45, 2.75) is 26.7 Å². The third-order valence-electron chi connectivity index (χ3n) is 3.16. The molecule has 0 aliphatic carbocycles. The first-order valence-corrected chi connectivity index (χ1v) is 7.87. The predicted octanol–water partition coefficient (Wildman–Crippen LogP) is 3.66. The molecule has 0 unspecified atom stereocenters. The minimum atomic E-state index is -0.0294. The van der Waals surface area contributed by atoms with Crippen molar-refractivity contribution in [1.82, 2.24) is 10.3 Å². The van der Waals surface area contributed by atoms with E-state index in [1.807, 2.05) is 31.2 Å². The number of benzene rings is 1. The number of unbranched alkanes of at least 4 members (excludes halogenated alkanes) is 1. The van der Waals surface area contributed by atoms with Crippen LogP contribution in [0.15, 0.2) is 24.3 Å². The van der Waals surface area contributed by atoms with Crippen LogP contribution in [0.5, 0.6) is 5.75 Å². The van der Waals surface area contributed by atoms with Crippen molar-refractivity contribution in [3.05, 3.63) is 34.8 Å².